The number of Topliss-reactive ketones (excluding diaryl/α,β-unsaturated/α-hetero) is 1. The zero-order valence-electron chi connectivity index (χ0n) is 27.9. The zero-order valence-corrected chi connectivity index (χ0v) is 28.7. The van der Waals surface area contributed by atoms with Gasteiger partial charge in [-0.15, -0.1) is 0 Å². The molecule has 1 aliphatic heterocycles. The number of rotatable bonds is 9. The fourth-order valence-corrected chi connectivity index (χ4v) is 9.90. The van der Waals surface area contributed by atoms with E-state index in [4.69, 9.17) is 14.0 Å². The van der Waals surface area contributed by atoms with Gasteiger partial charge in [0.2, 0.25) is 0 Å². The molecule has 0 bridgehead atoms. The quantitative estimate of drug-likeness (QED) is 0.212. The van der Waals surface area contributed by atoms with E-state index in [1.54, 1.807) is 6.92 Å². The number of hydrogen-bond acceptors (Lipinski definition) is 10. The van der Waals surface area contributed by atoms with Crippen molar-refractivity contribution >= 4 is 16.2 Å². The predicted octanol–water partition coefficient (Wildman–Crippen LogP) is 3.51. The number of hydrogen-bond donors (Lipinski definition) is 4. The summed E-state index contributed by atoms with van der Waals surface area (Å²) in [5, 5.41) is 31.0. The first kappa shape index (κ1) is 36.9. The number of allylic oxidation sites excluding steroid dienone is 1. The fraction of sp³-hybridized carbons (Fsp3) is 0.909. The molecule has 12 atom stereocenters. The van der Waals surface area contributed by atoms with Crippen LogP contribution in [0.5, 0.6) is 0 Å². The minimum Gasteiger partial charge on any atom is -0.387 e. The lowest BCUT2D eigenvalue weighted by molar-refractivity contribution is -0.312. The SMILES string of the molecule is CC(=O)[C@H]1CC[C@H]2[C@@H]3CC=C4CC(OC5OC(COS(=O)(=O)O)C(O)C(O)C5O)CC[C@]4(C)[C@H]3CC[C@]12C.CCN(CC)CC. The summed E-state index contributed by atoms with van der Waals surface area (Å²) >= 11 is 0. The van der Waals surface area contributed by atoms with Gasteiger partial charge in [0.15, 0.2) is 6.29 Å². The second kappa shape index (κ2) is 14.7. The standard InChI is InChI=1S/C27H42O10S.C6H15N/c1-14(28)18-6-7-19-17-5-4-15-12-16(8-10-26(15,2)20(17)9-11-27(18,19)3)36-25-24(31)23(30)22(29)21(37-25)13-35-38(32,33)34;1-4-7(5-2)6-3/h4,16-25,29-31H,5-13H2,1-3H3,(H,32,33,34);4-6H2,1-3H3/t16?,17-,18+,19-,20-,21?,22?,23?,24?,25?,26-,27+;/m0./s1. The number of nitrogens with zero attached hydrogens (tertiary/aromatic N) is 1. The number of ketones is 1. The lowest BCUT2D eigenvalue weighted by Crippen LogP contribution is -2.60. The van der Waals surface area contributed by atoms with Crippen LogP contribution in [0.4, 0.5) is 0 Å². The van der Waals surface area contributed by atoms with Crippen LogP contribution in [0.15, 0.2) is 11.6 Å². The zero-order chi connectivity index (χ0) is 33.3. The first-order valence-electron chi connectivity index (χ1n) is 17.0. The molecular formula is C33H57NO10S. The van der Waals surface area contributed by atoms with Crippen molar-refractivity contribution in [1.82, 2.24) is 4.90 Å². The summed E-state index contributed by atoms with van der Waals surface area (Å²) in [4.78, 5) is 14.8. The van der Waals surface area contributed by atoms with Crippen LogP contribution in [-0.2, 0) is 28.9 Å². The van der Waals surface area contributed by atoms with Gasteiger partial charge in [-0.2, -0.15) is 8.42 Å². The number of carbonyl (C=O) groups is 1. The van der Waals surface area contributed by atoms with E-state index in [-0.39, 0.29) is 22.9 Å². The predicted molar refractivity (Wildman–Crippen MR) is 168 cm³/mol. The molecule has 4 N–H and O–H groups in total. The number of ether oxygens (including phenoxy) is 2. The van der Waals surface area contributed by atoms with Gasteiger partial charge in [0.1, 0.15) is 30.2 Å². The van der Waals surface area contributed by atoms with Gasteiger partial charge >= 0.3 is 10.4 Å². The maximum Gasteiger partial charge on any atom is 0.397 e. The van der Waals surface area contributed by atoms with Gasteiger partial charge in [0, 0.05) is 5.92 Å². The van der Waals surface area contributed by atoms with E-state index in [0.717, 1.165) is 44.9 Å². The van der Waals surface area contributed by atoms with E-state index in [9.17, 15) is 28.5 Å². The third-order valence-electron chi connectivity index (χ3n) is 12.3. The molecule has 3 saturated carbocycles. The molecule has 0 aromatic heterocycles. The van der Waals surface area contributed by atoms with Crippen molar-refractivity contribution in [2.45, 2.75) is 130 Å². The van der Waals surface area contributed by atoms with Crippen molar-refractivity contribution in [3.8, 4) is 0 Å². The van der Waals surface area contributed by atoms with Crippen molar-refractivity contribution < 1.29 is 46.7 Å². The first-order chi connectivity index (χ1) is 21.1. The number of fused-ring (bicyclic) bond motifs is 5. The van der Waals surface area contributed by atoms with Gasteiger partial charge in [0.05, 0.1) is 12.7 Å². The lowest BCUT2D eigenvalue weighted by atomic mass is 9.47. The first-order valence-corrected chi connectivity index (χ1v) is 18.3. The Hall–Kier alpha value is -0.960. The van der Waals surface area contributed by atoms with Crippen LogP contribution < -0.4 is 0 Å². The average Bonchev–Trinajstić information content (AvgIpc) is 3.35. The normalized spacial score (nSPS) is 43.0. The highest BCUT2D eigenvalue weighted by Gasteiger charge is 2.59. The minimum atomic E-state index is -4.77. The van der Waals surface area contributed by atoms with Crippen LogP contribution in [0.1, 0.15) is 92.9 Å². The Morgan fingerprint density at radius 2 is 1.64 bits per heavy atom. The largest absolute Gasteiger partial charge is 0.397 e. The molecule has 5 aliphatic rings. The van der Waals surface area contributed by atoms with Gasteiger partial charge in [0.25, 0.3) is 0 Å². The highest BCUT2D eigenvalue weighted by Crippen LogP contribution is 2.66. The maximum atomic E-state index is 12.4. The van der Waals surface area contributed by atoms with Crippen molar-refractivity contribution in [3.63, 3.8) is 0 Å². The molecule has 1 saturated heterocycles. The van der Waals surface area contributed by atoms with Crippen molar-refractivity contribution in [2.24, 2.45) is 34.5 Å². The molecule has 5 rings (SSSR count). The van der Waals surface area contributed by atoms with E-state index in [1.165, 1.54) is 25.2 Å². The number of aliphatic hydroxyl groups excluding tert-OH is 3. The molecule has 45 heavy (non-hydrogen) atoms. The van der Waals surface area contributed by atoms with Crippen LogP contribution in [0, 0.1) is 34.5 Å². The van der Waals surface area contributed by atoms with Gasteiger partial charge in [-0.05, 0) is 107 Å². The molecule has 260 valence electrons. The summed E-state index contributed by atoms with van der Waals surface area (Å²) < 4.78 is 46.7. The molecule has 1 heterocycles. The Labute approximate surface area is 269 Å². The minimum absolute atomic E-state index is 0.0476. The molecule has 0 amide bonds. The molecular weight excluding hydrogens is 602 g/mol. The van der Waals surface area contributed by atoms with Crippen LogP contribution in [0.2, 0.25) is 0 Å². The molecule has 11 nitrogen and oxygen atoms in total. The Bertz CT molecular complexity index is 1150. The van der Waals surface area contributed by atoms with Gasteiger partial charge in [-0.1, -0.05) is 46.3 Å². The van der Waals surface area contributed by atoms with Gasteiger partial charge in [-0.25, -0.2) is 4.18 Å². The summed E-state index contributed by atoms with van der Waals surface area (Å²) in [5.74, 6) is 2.22. The Morgan fingerprint density at radius 3 is 2.22 bits per heavy atom. The third-order valence-corrected chi connectivity index (χ3v) is 12.7. The second-order valence-electron chi connectivity index (χ2n) is 14.4. The van der Waals surface area contributed by atoms with Crippen molar-refractivity contribution in [3.05, 3.63) is 11.6 Å². The van der Waals surface area contributed by atoms with E-state index in [0.29, 0.717) is 30.0 Å². The second-order valence-corrected chi connectivity index (χ2v) is 15.5. The summed E-state index contributed by atoms with van der Waals surface area (Å²) in [6, 6.07) is 0. The van der Waals surface area contributed by atoms with Crippen LogP contribution in [0.3, 0.4) is 0 Å². The molecule has 0 radical (unpaired) electrons. The van der Waals surface area contributed by atoms with Crippen LogP contribution >= 0.6 is 0 Å². The van der Waals surface area contributed by atoms with Crippen molar-refractivity contribution in [1.29, 1.82) is 0 Å². The van der Waals surface area contributed by atoms with E-state index in [2.05, 4.69) is 49.8 Å². The Kier molecular flexibility index (Phi) is 12.0. The smallest absolute Gasteiger partial charge is 0.387 e. The summed E-state index contributed by atoms with van der Waals surface area (Å²) in [6.45, 7) is 15.8. The number of carbonyl (C=O) groups excluding carboxylic acids is 1. The summed E-state index contributed by atoms with van der Waals surface area (Å²) in [5.41, 5.74) is 1.49. The monoisotopic (exact) mass is 659 g/mol. The molecule has 6 unspecified atom stereocenters. The molecule has 4 fully saturated rings. The third kappa shape index (κ3) is 7.70. The van der Waals surface area contributed by atoms with Crippen LogP contribution in [0.25, 0.3) is 0 Å². The average molecular weight is 660 g/mol. The molecule has 4 aliphatic carbocycles. The van der Waals surface area contributed by atoms with Gasteiger partial charge < -0.3 is 29.7 Å². The summed E-state index contributed by atoms with van der Waals surface area (Å²) in [6.07, 6.45) is 2.33. The highest BCUT2D eigenvalue weighted by atomic mass is 32.3. The van der Waals surface area contributed by atoms with E-state index < -0.39 is 47.7 Å². The van der Waals surface area contributed by atoms with E-state index in [1.807, 2.05) is 0 Å². The topological polar surface area (TPSA) is 163 Å². The van der Waals surface area contributed by atoms with Crippen LogP contribution in [-0.4, -0.2) is 102 Å². The summed E-state index contributed by atoms with van der Waals surface area (Å²) in [7, 11) is -4.77. The van der Waals surface area contributed by atoms with Crippen molar-refractivity contribution in [2.75, 3.05) is 26.2 Å². The molecule has 0 aromatic rings. The lowest BCUT2D eigenvalue weighted by Gasteiger charge is -2.58. The van der Waals surface area contributed by atoms with E-state index >= 15 is 0 Å². The molecule has 0 aromatic carbocycles. The molecule has 12 heteroatoms. The Morgan fingerprint density at radius 1 is 0.978 bits per heavy atom. The fourth-order valence-electron chi connectivity index (χ4n) is 9.59. The highest BCUT2D eigenvalue weighted by molar-refractivity contribution is 7.80. The number of aliphatic hydroxyl groups is 3. The maximum absolute atomic E-state index is 12.4. The molecule has 0 spiro atoms. The Balaban J connectivity index is 0.000000591. The van der Waals surface area contributed by atoms with Gasteiger partial charge in [-0.3, -0.25) is 9.35 Å².